The number of hydrogen-bond donors (Lipinski definition) is 3. The molecule has 2 aromatic rings. The summed E-state index contributed by atoms with van der Waals surface area (Å²) in [5.41, 5.74) is 1.96. The van der Waals surface area contributed by atoms with Gasteiger partial charge in [-0.05, 0) is 36.9 Å². The van der Waals surface area contributed by atoms with Gasteiger partial charge in [-0.2, -0.15) is 0 Å². The van der Waals surface area contributed by atoms with E-state index in [1.807, 2.05) is 0 Å². The van der Waals surface area contributed by atoms with E-state index < -0.39 is 0 Å². The second-order valence-electron chi connectivity index (χ2n) is 6.46. The third-order valence-electron chi connectivity index (χ3n) is 4.59. The molecule has 1 atom stereocenters. The molecule has 4 nitrogen and oxygen atoms in total. The smallest absolute Gasteiger partial charge is 0.202 e. The van der Waals surface area contributed by atoms with Gasteiger partial charge in [0.15, 0.2) is 0 Å². The average Bonchev–Trinajstić information content (AvgIpc) is 2.62. The lowest BCUT2D eigenvalue weighted by atomic mass is 10.0. The Kier molecular flexibility index (Phi) is 5.39. The van der Waals surface area contributed by atoms with Gasteiger partial charge in [0.2, 0.25) is 5.96 Å². The molecule has 25 heavy (non-hydrogen) atoms. The second kappa shape index (κ2) is 7.70. The number of nitrogens with zero attached hydrogens (tertiary/aromatic N) is 1. The number of aliphatic imine (C=N–C) groups is 1. The molecule has 1 aliphatic rings. The summed E-state index contributed by atoms with van der Waals surface area (Å²) in [6, 6.07) is 14.7. The van der Waals surface area contributed by atoms with Gasteiger partial charge >= 0.3 is 0 Å². The van der Waals surface area contributed by atoms with Crippen molar-refractivity contribution in [3.63, 3.8) is 0 Å². The number of rotatable bonds is 6. The summed E-state index contributed by atoms with van der Waals surface area (Å²) < 4.78 is 0. The lowest BCUT2D eigenvalue weighted by Gasteiger charge is -2.33. The normalized spacial score (nSPS) is 20.0. The summed E-state index contributed by atoms with van der Waals surface area (Å²) in [6.07, 6.45) is 5.28. The van der Waals surface area contributed by atoms with E-state index in [0.717, 1.165) is 37.5 Å². The van der Waals surface area contributed by atoms with Crippen LogP contribution in [0.15, 0.2) is 59.2 Å². The average molecular weight is 336 g/mol. The van der Waals surface area contributed by atoms with E-state index in [1.54, 1.807) is 0 Å². The lowest BCUT2D eigenvalue weighted by Crippen LogP contribution is -2.48. The highest BCUT2D eigenvalue weighted by molar-refractivity contribution is 6.04. The largest absolute Gasteiger partial charge is 0.330 e. The molecule has 0 saturated heterocycles. The molecule has 0 spiro atoms. The van der Waals surface area contributed by atoms with Gasteiger partial charge in [0.1, 0.15) is 5.66 Å². The van der Waals surface area contributed by atoms with Gasteiger partial charge in [0, 0.05) is 16.8 Å². The minimum atomic E-state index is -0.336. The molecule has 0 bridgehead atoms. The molecule has 1 heterocycles. The van der Waals surface area contributed by atoms with Crippen molar-refractivity contribution >= 4 is 22.4 Å². The first-order valence-electron chi connectivity index (χ1n) is 9.28. The first-order valence-corrected chi connectivity index (χ1v) is 9.28. The molecule has 0 amide bonds. The van der Waals surface area contributed by atoms with Crippen LogP contribution in [0.4, 0.5) is 5.69 Å². The Bertz CT molecular complexity index is 788. The van der Waals surface area contributed by atoms with Crippen LogP contribution in [-0.4, -0.2) is 18.2 Å². The van der Waals surface area contributed by atoms with Crippen LogP contribution in [0.1, 0.15) is 40.0 Å². The molecule has 132 valence electrons. The van der Waals surface area contributed by atoms with E-state index in [1.165, 1.54) is 16.5 Å². The Hall–Kier alpha value is -2.33. The number of guanidine groups is 1. The van der Waals surface area contributed by atoms with Crippen molar-refractivity contribution in [3.05, 3.63) is 54.2 Å². The Morgan fingerprint density at radius 1 is 1.04 bits per heavy atom. The van der Waals surface area contributed by atoms with Gasteiger partial charge in [-0.1, -0.05) is 63.6 Å². The number of likely N-dealkylation sites (N-methyl/N-ethyl adjacent to an activating group) is 1. The van der Waals surface area contributed by atoms with E-state index in [4.69, 9.17) is 4.99 Å². The number of nitrogens with one attached hydrogen (secondary N) is 3. The minimum absolute atomic E-state index is 0.336. The fourth-order valence-electron chi connectivity index (χ4n) is 3.36. The zero-order valence-electron chi connectivity index (χ0n) is 15.4. The maximum atomic E-state index is 4.96. The van der Waals surface area contributed by atoms with Crippen molar-refractivity contribution in [1.29, 1.82) is 0 Å². The van der Waals surface area contributed by atoms with Crippen LogP contribution in [0.3, 0.4) is 0 Å². The van der Waals surface area contributed by atoms with Gasteiger partial charge in [-0.3, -0.25) is 5.32 Å². The molecule has 0 saturated carbocycles. The fraction of sp³-hybridized carbons (Fsp3) is 0.381. The summed E-state index contributed by atoms with van der Waals surface area (Å²) in [7, 11) is 0. The highest BCUT2D eigenvalue weighted by Crippen LogP contribution is 2.25. The standard InChI is InChI=1S/C21H28N4/c1-4-10-17-15-21(5-2,22-6-3)25-20(23-17)24-19-14-9-12-16-11-7-8-13-18(16)19/h7-9,11-15,22H,4-6,10H2,1-3H3,(H2,23,24,25). The van der Waals surface area contributed by atoms with Crippen LogP contribution in [0.25, 0.3) is 10.8 Å². The van der Waals surface area contributed by atoms with Crippen molar-refractivity contribution in [2.75, 3.05) is 11.9 Å². The molecule has 3 N–H and O–H groups in total. The monoisotopic (exact) mass is 336 g/mol. The Balaban J connectivity index is 1.94. The third-order valence-corrected chi connectivity index (χ3v) is 4.59. The Morgan fingerprint density at radius 3 is 2.60 bits per heavy atom. The minimum Gasteiger partial charge on any atom is -0.330 e. The SMILES string of the molecule is CCCC1=CC(CC)(NCC)N=C(Nc2cccc3ccccc23)N1. The summed E-state index contributed by atoms with van der Waals surface area (Å²) in [4.78, 5) is 4.96. The summed E-state index contributed by atoms with van der Waals surface area (Å²) in [5, 5.41) is 13.0. The van der Waals surface area contributed by atoms with E-state index in [0.29, 0.717) is 0 Å². The van der Waals surface area contributed by atoms with E-state index in [-0.39, 0.29) is 5.66 Å². The van der Waals surface area contributed by atoms with Crippen molar-refractivity contribution in [1.82, 2.24) is 10.6 Å². The maximum Gasteiger partial charge on any atom is 0.202 e. The van der Waals surface area contributed by atoms with Crippen LogP contribution in [-0.2, 0) is 0 Å². The van der Waals surface area contributed by atoms with Crippen molar-refractivity contribution in [2.24, 2.45) is 4.99 Å². The van der Waals surface area contributed by atoms with E-state index >= 15 is 0 Å². The molecule has 2 aromatic carbocycles. The molecule has 0 aliphatic carbocycles. The first-order chi connectivity index (χ1) is 12.2. The van der Waals surface area contributed by atoms with Gasteiger partial charge in [0.25, 0.3) is 0 Å². The molecule has 0 aromatic heterocycles. The topological polar surface area (TPSA) is 48.5 Å². The van der Waals surface area contributed by atoms with Crippen molar-refractivity contribution < 1.29 is 0 Å². The molecule has 1 aliphatic heterocycles. The second-order valence-corrected chi connectivity index (χ2v) is 6.46. The number of anilines is 1. The third kappa shape index (κ3) is 3.85. The Labute approximate surface area is 150 Å². The molecule has 1 unspecified atom stereocenters. The van der Waals surface area contributed by atoms with E-state index in [2.05, 4.69) is 85.3 Å². The predicted molar refractivity (Wildman–Crippen MR) is 108 cm³/mol. The molecular weight excluding hydrogens is 308 g/mol. The van der Waals surface area contributed by atoms with Crippen LogP contribution < -0.4 is 16.0 Å². The highest BCUT2D eigenvalue weighted by atomic mass is 15.3. The molecule has 0 fully saturated rings. The van der Waals surface area contributed by atoms with Gasteiger partial charge < -0.3 is 10.6 Å². The quantitative estimate of drug-likeness (QED) is 0.722. The molecule has 3 rings (SSSR count). The van der Waals surface area contributed by atoms with Crippen molar-refractivity contribution in [2.45, 2.75) is 45.7 Å². The highest BCUT2D eigenvalue weighted by Gasteiger charge is 2.28. The molecule has 4 heteroatoms. The van der Waals surface area contributed by atoms with Crippen LogP contribution >= 0.6 is 0 Å². The van der Waals surface area contributed by atoms with Crippen LogP contribution in [0.2, 0.25) is 0 Å². The van der Waals surface area contributed by atoms with Gasteiger partial charge in [0.05, 0.1) is 0 Å². The zero-order chi connectivity index (χ0) is 17.7. The Morgan fingerprint density at radius 2 is 1.84 bits per heavy atom. The summed E-state index contributed by atoms with van der Waals surface area (Å²) in [6.45, 7) is 7.38. The lowest BCUT2D eigenvalue weighted by molar-refractivity contribution is 0.405. The van der Waals surface area contributed by atoms with Gasteiger partial charge in [-0.15, -0.1) is 0 Å². The summed E-state index contributed by atoms with van der Waals surface area (Å²) >= 11 is 0. The zero-order valence-corrected chi connectivity index (χ0v) is 15.4. The fourth-order valence-corrected chi connectivity index (χ4v) is 3.36. The van der Waals surface area contributed by atoms with Crippen molar-refractivity contribution in [3.8, 4) is 0 Å². The van der Waals surface area contributed by atoms with E-state index in [9.17, 15) is 0 Å². The summed E-state index contributed by atoms with van der Waals surface area (Å²) in [5.74, 6) is 0.810. The number of fused-ring (bicyclic) bond motifs is 1. The number of benzene rings is 2. The maximum absolute atomic E-state index is 4.96. The van der Waals surface area contributed by atoms with Gasteiger partial charge in [-0.25, -0.2) is 4.99 Å². The number of hydrogen-bond acceptors (Lipinski definition) is 4. The van der Waals surface area contributed by atoms with Crippen LogP contribution in [0, 0.1) is 0 Å². The number of allylic oxidation sites excluding steroid dienone is 1. The first kappa shape index (κ1) is 17.5. The molecular formula is C21H28N4. The predicted octanol–water partition coefficient (Wildman–Crippen LogP) is 4.61. The molecule has 0 radical (unpaired) electrons. The van der Waals surface area contributed by atoms with Crippen LogP contribution in [0.5, 0.6) is 0 Å².